The molecule has 0 spiro atoms. The number of hydrogen-bond donors (Lipinski definition) is 0. The highest BCUT2D eigenvalue weighted by atomic mass is 28.3. The first-order valence-corrected chi connectivity index (χ1v) is 28.7. The molecule has 13 aromatic rings. The normalized spacial score (nSPS) is 11.1. The van der Waals surface area contributed by atoms with Gasteiger partial charge in [0.2, 0.25) is 0 Å². The van der Waals surface area contributed by atoms with Gasteiger partial charge in [0.1, 0.15) is 0 Å². The van der Waals surface area contributed by atoms with Crippen LogP contribution in [0.2, 0.25) is 0 Å². The van der Waals surface area contributed by atoms with Crippen LogP contribution in [0.25, 0.3) is 105 Å². The van der Waals surface area contributed by atoms with E-state index in [2.05, 4.69) is 184 Å². The van der Waals surface area contributed by atoms with Crippen LogP contribution in [0.1, 0.15) is 11.1 Å². The van der Waals surface area contributed by atoms with Crippen molar-refractivity contribution in [3.8, 4) is 85.4 Å². The Hall–Kier alpha value is -11.6. The number of nitrogens with zero attached hydrogens (tertiary/aromatic N) is 8. The van der Waals surface area contributed by atoms with Crippen LogP contribution < -0.4 is 20.7 Å². The molecule has 0 bridgehead atoms. The SMILES string of the molecule is [C-]#[N+]c1ccc(-c2ccc3c(c2)c2cc(-c4ccc(C#N)cc4[N+]#[C-])ccc2n3-c2ccc(-c3cccc([Si](c4ccccc4)(c4ccccc4)c4ccccc4)c3)cc2-c2nc(-c3ccccc3)nc(-c3ccccc3)n2)c(C#N)c1. The Morgan fingerprint density at radius 3 is 1.39 bits per heavy atom. The highest BCUT2D eigenvalue weighted by Crippen LogP contribution is 2.43. The van der Waals surface area contributed by atoms with Gasteiger partial charge < -0.3 is 4.57 Å². The number of fused-ring (bicyclic) bond motifs is 3. The van der Waals surface area contributed by atoms with Crippen molar-refractivity contribution in [2.75, 3.05) is 0 Å². The van der Waals surface area contributed by atoms with E-state index in [1.165, 1.54) is 20.7 Å². The molecular formula is C73H44N8Si. The summed E-state index contributed by atoms with van der Waals surface area (Å²) in [6.07, 6.45) is 0. The van der Waals surface area contributed by atoms with Crippen molar-refractivity contribution in [2.45, 2.75) is 0 Å². The zero-order valence-electron chi connectivity index (χ0n) is 44.0. The Morgan fingerprint density at radius 2 is 0.854 bits per heavy atom. The molecule has 0 aliphatic heterocycles. The largest absolute Gasteiger partial charge is 0.308 e. The van der Waals surface area contributed by atoms with Crippen LogP contribution in [-0.2, 0) is 0 Å². The molecule has 0 saturated carbocycles. The molecule has 11 aromatic carbocycles. The van der Waals surface area contributed by atoms with E-state index in [4.69, 9.17) is 28.1 Å². The van der Waals surface area contributed by atoms with Crippen molar-refractivity contribution in [3.63, 3.8) is 0 Å². The summed E-state index contributed by atoms with van der Waals surface area (Å²) in [6.45, 7) is 15.8. The maximum absolute atomic E-state index is 10.4. The summed E-state index contributed by atoms with van der Waals surface area (Å²) >= 11 is 0. The second-order valence-electron chi connectivity index (χ2n) is 19.9. The Kier molecular flexibility index (Phi) is 13.0. The van der Waals surface area contributed by atoms with Crippen LogP contribution in [-0.4, -0.2) is 27.6 Å². The zero-order chi connectivity index (χ0) is 55.6. The smallest absolute Gasteiger partial charge is 0.196 e. The van der Waals surface area contributed by atoms with Gasteiger partial charge in [-0.25, -0.2) is 24.6 Å². The maximum atomic E-state index is 10.4. The summed E-state index contributed by atoms with van der Waals surface area (Å²) in [5.41, 5.74) is 11.6. The van der Waals surface area contributed by atoms with Gasteiger partial charge in [0.25, 0.3) is 0 Å². The van der Waals surface area contributed by atoms with Crippen LogP contribution >= 0.6 is 0 Å². The molecule has 0 aliphatic rings. The molecule has 13 rings (SSSR count). The van der Waals surface area contributed by atoms with Gasteiger partial charge in [-0.2, -0.15) is 10.5 Å². The second kappa shape index (κ2) is 21.3. The number of benzene rings is 11. The third-order valence-electron chi connectivity index (χ3n) is 15.3. The number of aromatic nitrogens is 4. The van der Waals surface area contributed by atoms with E-state index >= 15 is 0 Å². The molecule has 2 aromatic heterocycles. The predicted molar refractivity (Wildman–Crippen MR) is 332 cm³/mol. The lowest BCUT2D eigenvalue weighted by atomic mass is 9.97. The zero-order valence-corrected chi connectivity index (χ0v) is 45.0. The molecule has 0 amide bonds. The van der Waals surface area contributed by atoms with Gasteiger partial charge in [-0.3, -0.25) is 0 Å². The van der Waals surface area contributed by atoms with Crippen molar-refractivity contribution >= 4 is 62.0 Å². The molecular weight excluding hydrogens is 1020 g/mol. The second-order valence-corrected chi connectivity index (χ2v) is 23.7. The molecule has 0 radical (unpaired) electrons. The summed E-state index contributed by atoms with van der Waals surface area (Å²) in [4.78, 5) is 23.4. The standard InChI is InChI=1S/C73H44N8Si/c1-76-57-35-37-62(56(42-57)48-75)54-33-39-68-64(45-54)65-46-55(63-36-31-49(47-74)41-67(63)77-2)34-40-69(65)81(68)70-38-32-53(44-66(70)73-79-71(50-19-8-3-9-20-50)78-72(80-73)51-21-10-4-11-22-51)52-23-18-30-61(43-52)82(58-24-12-5-13-25-58,59-26-14-6-15-27-59)60-28-16-7-17-29-60/h3-46H. The first-order chi connectivity index (χ1) is 40.4. The average Bonchev–Trinajstić information content (AvgIpc) is 3.85. The molecule has 380 valence electrons. The summed E-state index contributed by atoms with van der Waals surface area (Å²) in [5, 5.41) is 27.0. The Morgan fingerprint density at radius 1 is 0.366 bits per heavy atom. The van der Waals surface area contributed by atoms with Crippen molar-refractivity contribution < 1.29 is 0 Å². The van der Waals surface area contributed by atoms with Crippen molar-refractivity contribution in [1.82, 2.24) is 19.5 Å². The van der Waals surface area contributed by atoms with Crippen molar-refractivity contribution in [3.05, 3.63) is 301 Å². The van der Waals surface area contributed by atoms with E-state index in [9.17, 15) is 10.5 Å². The molecule has 0 fully saturated rings. The van der Waals surface area contributed by atoms with Gasteiger partial charge in [-0.05, 0) is 109 Å². The first kappa shape index (κ1) is 49.9. The molecule has 0 atom stereocenters. The number of hydrogen-bond acceptors (Lipinski definition) is 5. The van der Waals surface area contributed by atoms with Crippen LogP contribution in [0.4, 0.5) is 11.4 Å². The fraction of sp³-hybridized carbons (Fsp3) is 0. The van der Waals surface area contributed by atoms with Crippen LogP contribution in [0.5, 0.6) is 0 Å². The van der Waals surface area contributed by atoms with Crippen LogP contribution in [0.3, 0.4) is 0 Å². The lowest BCUT2D eigenvalue weighted by Crippen LogP contribution is -2.74. The van der Waals surface area contributed by atoms with E-state index in [1.54, 1.807) is 24.3 Å². The van der Waals surface area contributed by atoms with Gasteiger partial charge in [-0.15, -0.1) is 0 Å². The van der Waals surface area contributed by atoms with Crippen LogP contribution in [0, 0.1) is 35.8 Å². The Balaban J connectivity index is 1.10. The minimum absolute atomic E-state index is 0.373. The highest BCUT2D eigenvalue weighted by Gasteiger charge is 2.41. The predicted octanol–water partition coefficient (Wildman–Crippen LogP) is 15.2. The minimum Gasteiger partial charge on any atom is -0.308 e. The third-order valence-corrected chi connectivity index (χ3v) is 20.1. The lowest BCUT2D eigenvalue weighted by Gasteiger charge is -2.34. The van der Waals surface area contributed by atoms with Gasteiger partial charge >= 0.3 is 0 Å². The van der Waals surface area contributed by atoms with Crippen LogP contribution in [0.15, 0.2) is 267 Å². The van der Waals surface area contributed by atoms with Crippen molar-refractivity contribution in [2.24, 2.45) is 0 Å². The van der Waals surface area contributed by atoms with Gasteiger partial charge in [0.15, 0.2) is 36.9 Å². The average molecular weight is 1060 g/mol. The molecule has 9 heteroatoms. The molecule has 82 heavy (non-hydrogen) atoms. The fourth-order valence-corrected chi connectivity index (χ4v) is 16.3. The molecule has 0 unspecified atom stereocenters. The van der Waals surface area contributed by atoms with Gasteiger partial charge in [0.05, 0.1) is 42.0 Å². The van der Waals surface area contributed by atoms with Gasteiger partial charge in [0, 0.05) is 38.6 Å². The van der Waals surface area contributed by atoms with E-state index in [-0.39, 0.29) is 0 Å². The summed E-state index contributed by atoms with van der Waals surface area (Å²) < 4.78 is 2.25. The fourth-order valence-electron chi connectivity index (χ4n) is 11.5. The topological polar surface area (TPSA) is 99.9 Å². The first-order valence-electron chi connectivity index (χ1n) is 26.7. The van der Waals surface area contributed by atoms with Gasteiger partial charge in [-0.1, -0.05) is 212 Å². The molecule has 0 saturated heterocycles. The van der Waals surface area contributed by atoms with E-state index in [0.29, 0.717) is 51.1 Å². The van der Waals surface area contributed by atoms with E-state index < -0.39 is 8.07 Å². The number of rotatable bonds is 11. The van der Waals surface area contributed by atoms with Crippen molar-refractivity contribution in [1.29, 1.82) is 10.5 Å². The summed E-state index contributed by atoms with van der Waals surface area (Å²) in [5.74, 6) is 1.53. The molecule has 8 nitrogen and oxygen atoms in total. The quantitative estimate of drug-likeness (QED) is 0.0730. The van der Waals surface area contributed by atoms with E-state index in [1.807, 2.05) is 84.9 Å². The maximum Gasteiger partial charge on any atom is 0.196 e. The Bertz CT molecular complexity index is 4500. The summed E-state index contributed by atoms with van der Waals surface area (Å²) in [6, 6.07) is 95.7. The lowest BCUT2D eigenvalue weighted by molar-refractivity contribution is 1.06. The third kappa shape index (κ3) is 8.85. The summed E-state index contributed by atoms with van der Waals surface area (Å²) in [7, 11) is -2.93. The molecule has 2 heterocycles. The molecule has 0 N–H and O–H groups in total. The highest BCUT2D eigenvalue weighted by molar-refractivity contribution is 7.19. The number of nitriles is 2. The van der Waals surface area contributed by atoms with E-state index in [0.717, 1.165) is 66.4 Å². The molecule has 0 aliphatic carbocycles. The minimum atomic E-state index is -2.93. The Labute approximate surface area is 475 Å². The monoisotopic (exact) mass is 1060 g/mol.